The largest absolute Gasteiger partial charge is 0.461 e. The molecule has 0 aliphatic rings. The van der Waals surface area contributed by atoms with Crippen molar-refractivity contribution >= 4 is 5.95 Å². The molecule has 7 heteroatoms. The Balaban J connectivity index is 2.24. The number of anilines is 1. The molecule has 0 saturated carbocycles. The second-order valence-corrected chi connectivity index (χ2v) is 4.48. The van der Waals surface area contributed by atoms with Crippen LogP contribution in [0.2, 0.25) is 0 Å². The Labute approximate surface area is 122 Å². The van der Waals surface area contributed by atoms with E-state index in [4.69, 9.17) is 9.47 Å². The van der Waals surface area contributed by atoms with E-state index in [0.717, 1.165) is 0 Å². The van der Waals surface area contributed by atoms with Gasteiger partial charge in [0, 0.05) is 6.54 Å². The monoisotopic (exact) mass is 292 g/mol. The van der Waals surface area contributed by atoms with Crippen molar-refractivity contribution in [3.8, 4) is 17.8 Å². The van der Waals surface area contributed by atoms with Gasteiger partial charge in [0.15, 0.2) is 0 Å². The minimum atomic E-state index is -0.338. The van der Waals surface area contributed by atoms with Gasteiger partial charge in [-0.2, -0.15) is 9.97 Å². The summed E-state index contributed by atoms with van der Waals surface area (Å²) in [6, 6.07) is 5.85. The maximum atomic E-state index is 12.9. The molecule has 0 unspecified atom stereocenters. The molecule has 21 heavy (non-hydrogen) atoms. The molecule has 0 amide bonds. The Morgan fingerprint density at radius 1 is 1.10 bits per heavy atom. The van der Waals surface area contributed by atoms with E-state index in [1.165, 1.54) is 24.3 Å². The Kier molecular flexibility index (Phi) is 4.86. The van der Waals surface area contributed by atoms with Gasteiger partial charge in [-0.3, -0.25) is 0 Å². The molecule has 1 N–H and O–H groups in total. The maximum absolute atomic E-state index is 12.9. The normalized spacial score (nSPS) is 10.5. The van der Waals surface area contributed by atoms with Crippen molar-refractivity contribution < 1.29 is 13.9 Å². The number of hydrogen-bond acceptors (Lipinski definition) is 6. The van der Waals surface area contributed by atoms with Crippen LogP contribution in [0, 0.1) is 5.82 Å². The lowest BCUT2D eigenvalue weighted by molar-refractivity contribution is 0.218. The number of aromatic nitrogens is 3. The van der Waals surface area contributed by atoms with Crippen LogP contribution in [0.3, 0.4) is 0 Å². The van der Waals surface area contributed by atoms with E-state index in [2.05, 4.69) is 20.3 Å². The zero-order valence-electron chi connectivity index (χ0n) is 12.1. The molecule has 0 spiro atoms. The summed E-state index contributed by atoms with van der Waals surface area (Å²) in [6.45, 7) is 6.32. The van der Waals surface area contributed by atoms with Gasteiger partial charge in [0.25, 0.3) is 0 Å². The van der Waals surface area contributed by atoms with E-state index in [9.17, 15) is 4.39 Å². The van der Waals surface area contributed by atoms with Crippen molar-refractivity contribution in [1.29, 1.82) is 0 Å². The lowest BCUT2D eigenvalue weighted by Gasteiger charge is -2.11. The van der Waals surface area contributed by atoms with Gasteiger partial charge in [-0.15, -0.1) is 4.98 Å². The van der Waals surface area contributed by atoms with Crippen LogP contribution in [0.5, 0.6) is 17.8 Å². The molecule has 112 valence electrons. The number of nitrogens with one attached hydrogen (secondary N) is 1. The van der Waals surface area contributed by atoms with E-state index in [0.29, 0.717) is 18.2 Å². The minimum Gasteiger partial charge on any atom is -0.461 e. The van der Waals surface area contributed by atoms with Crippen LogP contribution in [-0.2, 0) is 0 Å². The first-order valence-corrected chi connectivity index (χ1v) is 6.67. The predicted molar refractivity (Wildman–Crippen MR) is 76.2 cm³/mol. The van der Waals surface area contributed by atoms with Gasteiger partial charge in [0.05, 0.1) is 6.10 Å². The highest BCUT2D eigenvalue weighted by Crippen LogP contribution is 2.21. The molecule has 0 atom stereocenters. The Bertz CT molecular complexity index is 590. The van der Waals surface area contributed by atoms with E-state index in [-0.39, 0.29) is 23.9 Å². The topological polar surface area (TPSA) is 69.2 Å². The number of halogens is 1. The van der Waals surface area contributed by atoms with E-state index >= 15 is 0 Å². The second-order valence-electron chi connectivity index (χ2n) is 4.48. The number of benzene rings is 1. The summed E-state index contributed by atoms with van der Waals surface area (Å²) in [5, 5.41) is 2.97. The molecule has 2 aromatic rings. The summed E-state index contributed by atoms with van der Waals surface area (Å²) in [7, 11) is 0. The zero-order valence-corrected chi connectivity index (χ0v) is 12.1. The molecular formula is C14H17FN4O2. The smallest absolute Gasteiger partial charge is 0.330 e. The molecule has 1 aromatic carbocycles. The quantitative estimate of drug-likeness (QED) is 0.882. The third-order valence-electron chi connectivity index (χ3n) is 2.29. The van der Waals surface area contributed by atoms with Crippen molar-refractivity contribution in [2.75, 3.05) is 11.9 Å². The highest BCUT2D eigenvalue weighted by Gasteiger charge is 2.10. The SMILES string of the molecule is CCNc1nc(Oc2ccc(F)cc2)nc(OC(C)C)n1. The van der Waals surface area contributed by atoms with Gasteiger partial charge in [0.1, 0.15) is 11.6 Å². The molecule has 0 saturated heterocycles. The molecule has 1 heterocycles. The fourth-order valence-corrected chi connectivity index (χ4v) is 1.49. The van der Waals surface area contributed by atoms with Gasteiger partial charge in [-0.25, -0.2) is 4.39 Å². The third-order valence-corrected chi connectivity index (χ3v) is 2.29. The minimum absolute atomic E-state index is 0.0689. The van der Waals surface area contributed by atoms with Crippen LogP contribution in [0.4, 0.5) is 10.3 Å². The summed E-state index contributed by atoms with van der Waals surface area (Å²) in [5.41, 5.74) is 0. The van der Waals surface area contributed by atoms with Gasteiger partial charge < -0.3 is 14.8 Å². The predicted octanol–water partition coefficient (Wildman–Crippen LogP) is 3.02. The number of rotatable bonds is 6. The molecule has 0 bridgehead atoms. The van der Waals surface area contributed by atoms with Crippen LogP contribution in [0.1, 0.15) is 20.8 Å². The molecule has 0 fully saturated rings. The highest BCUT2D eigenvalue weighted by atomic mass is 19.1. The summed E-state index contributed by atoms with van der Waals surface area (Å²) in [6.07, 6.45) is -0.0689. The third kappa shape index (κ3) is 4.55. The molecule has 6 nitrogen and oxygen atoms in total. The van der Waals surface area contributed by atoms with Crippen LogP contribution in [0.25, 0.3) is 0 Å². The maximum Gasteiger partial charge on any atom is 0.330 e. The molecule has 0 aliphatic carbocycles. The first kappa shape index (κ1) is 15.0. The van der Waals surface area contributed by atoms with E-state index in [1.807, 2.05) is 20.8 Å². The molecule has 0 aliphatic heterocycles. The van der Waals surface area contributed by atoms with Gasteiger partial charge in [-0.1, -0.05) is 0 Å². The van der Waals surface area contributed by atoms with Gasteiger partial charge >= 0.3 is 12.0 Å². The Morgan fingerprint density at radius 3 is 2.38 bits per heavy atom. The van der Waals surface area contributed by atoms with Gasteiger partial charge in [-0.05, 0) is 45.0 Å². The summed E-state index contributed by atoms with van der Waals surface area (Å²) in [4.78, 5) is 12.3. The van der Waals surface area contributed by atoms with Crippen LogP contribution in [-0.4, -0.2) is 27.6 Å². The van der Waals surface area contributed by atoms with Crippen molar-refractivity contribution in [3.05, 3.63) is 30.1 Å². The zero-order chi connectivity index (χ0) is 15.2. The summed E-state index contributed by atoms with van der Waals surface area (Å²) >= 11 is 0. The number of nitrogens with zero attached hydrogens (tertiary/aromatic N) is 3. The highest BCUT2D eigenvalue weighted by molar-refractivity contribution is 5.30. The van der Waals surface area contributed by atoms with E-state index < -0.39 is 0 Å². The molecule has 1 aromatic heterocycles. The van der Waals surface area contributed by atoms with Gasteiger partial charge in [0.2, 0.25) is 5.95 Å². The van der Waals surface area contributed by atoms with Crippen molar-refractivity contribution in [1.82, 2.24) is 15.0 Å². The molecular weight excluding hydrogens is 275 g/mol. The standard InChI is InChI=1S/C14H17FN4O2/c1-4-16-12-17-13(20-9(2)3)19-14(18-12)21-11-7-5-10(15)6-8-11/h5-9H,4H2,1-3H3,(H,16,17,18,19). The van der Waals surface area contributed by atoms with E-state index in [1.54, 1.807) is 0 Å². The molecule has 0 radical (unpaired) electrons. The first-order chi connectivity index (χ1) is 10.1. The Hall–Kier alpha value is -2.44. The Morgan fingerprint density at radius 2 is 1.76 bits per heavy atom. The number of ether oxygens (including phenoxy) is 2. The van der Waals surface area contributed by atoms with Crippen molar-refractivity contribution in [2.24, 2.45) is 0 Å². The lowest BCUT2D eigenvalue weighted by atomic mass is 10.3. The van der Waals surface area contributed by atoms with Crippen LogP contribution in [0.15, 0.2) is 24.3 Å². The lowest BCUT2D eigenvalue weighted by Crippen LogP contribution is -2.12. The van der Waals surface area contributed by atoms with Crippen LogP contribution >= 0.6 is 0 Å². The average Bonchev–Trinajstić information content (AvgIpc) is 2.41. The van der Waals surface area contributed by atoms with Crippen molar-refractivity contribution in [2.45, 2.75) is 26.9 Å². The second kappa shape index (κ2) is 6.83. The first-order valence-electron chi connectivity index (χ1n) is 6.67. The summed E-state index contributed by atoms with van der Waals surface area (Å²) < 4.78 is 23.8. The number of hydrogen-bond donors (Lipinski definition) is 1. The van der Waals surface area contributed by atoms with Crippen molar-refractivity contribution in [3.63, 3.8) is 0 Å². The van der Waals surface area contributed by atoms with Crippen LogP contribution < -0.4 is 14.8 Å². The summed E-state index contributed by atoms with van der Waals surface area (Å²) in [5.74, 6) is 0.455. The molecule has 2 rings (SSSR count). The fourth-order valence-electron chi connectivity index (χ4n) is 1.49. The fraction of sp³-hybridized carbons (Fsp3) is 0.357. The average molecular weight is 292 g/mol.